The molecule has 0 aromatic heterocycles. The van der Waals surface area contributed by atoms with Crippen molar-refractivity contribution in [1.82, 2.24) is 4.90 Å². The van der Waals surface area contributed by atoms with Crippen molar-refractivity contribution in [3.8, 4) is 0 Å². The molecule has 0 bridgehead atoms. The van der Waals surface area contributed by atoms with Gasteiger partial charge in [0.05, 0.1) is 13.2 Å². The zero-order valence-corrected chi connectivity index (χ0v) is 12.3. The van der Waals surface area contributed by atoms with Crippen LogP contribution in [-0.2, 0) is 9.53 Å². The second kappa shape index (κ2) is 6.23. The minimum absolute atomic E-state index is 0.338. The molecule has 0 aromatic carbocycles. The normalized spacial score (nSPS) is 37.5. The molecule has 1 aliphatic carbocycles. The molecular weight excluding hydrogens is 242 g/mol. The van der Waals surface area contributed by atoms with Crippen LogP contribution >= 0.6 is 0 Å². The molecular formula is C15H27NO3. The number of rotatable bonds is 3. The number of ether oxygens (including phenoxy) is 1. The molecule has 1 saturated heterocycles. The fraction of sp³-hybridized carbons (Fsp3) is 0.933. The van der Waals surface area contributed by atoms with E-state index in [1.807, 2.05) is 0 Å². The lowest BCUT2D eigenvalue weighted by atomic mass is 9.73. The van der Waals surface area contributed by atoms with E-state index in [0.717, 1.165) is 13.0 Å². The van der Waals surface area contributed by atoms with E-state index in [0.29, 0.717) is 37.0 Å². The smallest absolute Gasteiger partial charge is 0.323 e. The number of carboxylic acids is 1. The molecule has 0 spiro atoms. The fourth-order valence-corrected chi connectivity index (χ4v) is 3.76. The standard InChI is InChI=1S/C15H27NO3/c1-10(2)12-5-4-11(3)8-13(12)16-6-7-19-9-14(16)15(17)18/h10-14H,4-9H2,1-3H3,(H,17,18). The zero-order chi connectivity index (χ0) is 14.0. The summed E-state index contributed by atoms with van der Waals surface area (Å²) in [4.78, 5) is 13.7. The van der Waals surface area contributed by atoms with Crippen molar-refractivity contribution in [3.05, 3.63) is 0 Å². The molecule has 4 heteroatoms. The maximum absolute atomic E-state index is 11.4. The van der Waals surface area contributed by atoms with Gasteiger partial charge in [-0.2, -0.15) is 0 Å². The van der Waals surface area contributed by atoms with Gasteiger partial charge in [0.1, 0.15) is 6.04 Å². The van der Waals surface area contributed by atoms with E-state index in [1.54, 1.807) is 0 Å². The first-order valence-corrected chi connectivity index (χ1v) is 7.57. The highest BCUT2D eigenvalue weighted by Gasteiger charge is 2.40. The molecule has 2 rings (SSSR count). The third-order valence-electron chi connectivity index (χ3n) is 4.87. The van der Waals surface area contributed by atoms with Gasteiger partial charge >= 0.3 is 5.97 Å². The number of aliphatic carboxylic acids is 1. The Morgan fingerprint density at radius 3 is 2.74 bits per heavy atom. The molecule has 1 heterocycles. The van der Waals surface area contributed by atoms with Crippen LogP contribution in [-0.4, -0.2) is 47.8 Å². The molecule has 19 heavy (non-hydrogen) atoms. The summed E-state index contributed by atoms with van der Waals surface area (Å²) in [5.41, 5.74) is 0. The van der Waals surface area contributed by atoms with Gasteiger partial charge < -0.3 is 9.84 Å². The van der Waals surface area contributed by atoms with Crippen LogP contribution in [0.25, 0.3) is 0 Å². The minimum atomic E-state index is -0.736. The number of hydrogen-bond acceptors (Lipinski definition) is 3. The predicted molar refractivity (Wildman–Crippen MR) is 74.1 cm³/mol. The number of carboxylic acid groups (broad SMARTS) is 1. The summed E-state index contributed by atoms with van der Waals surface area (Å²) >= 11 is 0. The first-order chi connectivity index (χ1) is 9.00. The maximum atomic E-state index is 11.4. The largest absolute Gasteiger partial charge is 0.480 e. The summed E-state index contributed by atoms with van der Waals surface area (Å²) < 4.78 is 5.36. The van der Waals surface area contributed by atoms with Crippen LogP contribution in [0, 0.1) is 17.8 Å². The third kappa shape index (κ3) is 3.29. The Hall–Kier alpha value is -0.610. The van der Waals surface area contributed by atoms with Gasteiger partial charge in [-0.05, 0) is 30.6 Å². The van der Waals surface area contributed by atoms with E-state index < -0.39 is 12.0 Å². The van der Waals surface area contributed by atoms with Crippen molar-refractivity contribution >= 4 is 5.97 Å². The van der Waals surface area contributed by atoms with Gasteiger partial charge in [0.25, 0.3) is 0 Å². The number of hydrogen-bond donors (Lipinski definition) is 1. The molecule has 1 saturated carbocycles. The topological polar surface area (TPSA) is 49.8 Å². The molecule has 2 fully saturated rings. The van der Waals surface area contributed by atoms with Gasteiger partial charge in [-0.25, -0.2) is 0 Å². The van der Waals surface area contributed by atoms with Crippen molar-refractivity contribution in [1.29, 1.82) is 0 Å². The second-order valence-corrected chi connectivity index (χ2v) is 6.56. The third-order valence-corrected chi connectivity index (χ3v) is 4.87. The molecule has 0 amide bonds. The Kier molecular flexibility index (Phi) is 4.85. The van der Waals surface area contributed by atoms with Gasteiger partial charge in [0.15, 0.2) is 0 Å². The van der Waals surface area contributed by atoms with Crippen LogP contribution in [0.4, 0.5) is 0 Å². The summed E-state index contributed by atoms with van der Waals surface area (Å²) in [7, 11) is 0. The quantitative estimate of drug-likeness (QED) is 0.853. The van der Waals surface area contributed by atoms with Gasteiger partial charge in [-0.15, -0.1) is 0 Å². The molecule has 110 valence electrons. The second-order valence-electron chi connectivity index (χ2n) is 6.56. The van der Waals surface area contributed by atoms with Crippen molar-refractivity contribution in [2.24, 2.45) is 17.8 Å². The average Bonchev–Trinajstić information content (AvgIpc) is 2.38. The number of carbonyl (C=O) groups is 1. The van der Waals surface area contributed by atoms with E-state index in [1.165, 1.54) is 12.8 Å². The highest BCUT2D eigenvalue weighted by molar-refractivity contribution is 5.73. The van der Waals surface area contributed by atoms with Crippen LogP contribution in [0.3, 0.4) is 0 Å². The molecule has 1 aliphatic heterocycles. The lowest BCUT2D eigenvalue weighted by Crippen LogP contribution is -2.58. The van der Waals surface area contributed by atoms with Crippen LogP contribution in [0.1, 0.15) is 40.0 Å². The molecule has 2 aliphatic rings. The summed E-state index contributed by atoms with van der Waals surface area (Å²) in [5.74, 6) is 1.21. The Balaban J connectivity index is 2.16. The van der Waals surface area contributed by atoms with Gasteiger partial charge in [0.2, 0.25) is 0 Å². The molecule has 0 aromatic rings. The summed E-state index contributed by atoms with van der Waals surface area (Å²) in [6.07, 6.45) is 3.64. The summed E-state index contributed by atoms with van der Waals surface area (Å²) in [6.45, 7) is 8.59. The van der Waals surface area contributed by atoms with Crippen LogP contribution in [0.15, 0.2) is 0 Å². The van der Waals surface area contributed by atoms with Gasteiger partial charge in [-0.1, -0.05) is 27.2 Å². The average molecular weight is 269 g/mol. The van der Waals surface area contributed by atoms with Crippen LogP contribution < -0.4 is 0 Å². The van der Waals surface area contributed by atoms with Gasteiger partial charge in [0, 0.05) is 12.6 Å². The SMILES string of the molecule is CC1CCC(C(C)C)C(N2CCOCC2C(=O)O)C1. The van der Waals surface area contributed by atoms with Crippen LogP contribution in [0.2, 0.25) is 0 Å². The molecule has 4 atom stereocenters. The lowest BCUT2D eigenvalue weighted by molar-refractivity contribution is -0.154. The minimum Gasteiger partial charge on any atom is -0.480 e. The van der Waals surface area contributed by atoms with Crippen molar-refractivity contribution in [2.45, 2.75) is 52.1 Å². The monoisotopic (exact) mass is 269 g/mol. The number of morpholine rings is 1. The van der Waals surface area contributed by atoms with E-state index in [-0.39, 0.29) is 0 Å². The highest BCUT2D eigenvalue weighted by atomic mass is 16.5. The summed E-state index contributed by atoms with van der Waals surface area (Å²) in [5, 5.41) is 9.41. The van der Waals surface area contributed by atoms with E-state index in [2.05, 4.69) is 25.7 Å². The molecule has 4 unspecified atom stereocenters. The first-order valence-electron chi connectivity index (χ1n) is 7.57. The van der Waals surface area contributed by atoms with Crippen molar-refractivity contribution < 1.29 is 14.6 Å². The predicted octanol–water partition coefficient (Wildman–Crippen LogP) is 2.23. The molecule has 0 radical (unpaired) electrons. The molecule has 4 nitrogen and oxygen atoms in total. The van der Waals surface area contributed by atoms with Crippen molar-refractivity contribution in [3.63, 3.8) is 0 Å². The summed E-state index contributed by atoms with van der Waals surface area (Å²) in [6, 6.07) is -0.0425. The number of nitrogens with zero attached hydrogens (tertiary/aromatic N) is 1. The maximum Gasteiger partial charge on any atom is 0.323 e. The Labute approximate surface area is 116 Å². The Morgan fingerprint density at radius 1 is 1.37 bits per heavy atom. The zero-order valence-electron chi connectivity index (χ0n) is 12.3. The fourth-order valence-electron chi connectivity index (χ4n) is 3.76. The lowest BCUT2D eigenvalue weighted by Gasteiger charge is -2.47. The van der Waals surface area contributed by atoms with Crippen molar-refractivity contribution in [2.75, 3.05) is 19.8 Å². The van der Waals surface area contributed by atoms with E-state index >= 15 is 0 Å². The molecule has 1 N–H and O–H groups in total. The van der Waals surface area contributed by atoms with E-state index in [9.17, 15) is 9.90 Å². The first kappa shape index (κ1) is 14.8. The highest BCUT2D eigenvalue weighted by Crippen LogP contribution is 2.37. The Bertz CT molecular complexity index is 319. The van der Waals surface area contributed by atoms with E-state index in [4.69, 9.17) is 4.74 Å². The Morgan fingerprint density at radius 2 is 2.11 bits per heavy atom. The van der Waals surface area contributed by atoms with Gasteiger partial charge in [-0.3, -0.25) is 9.69 Å². The van der Waals surface area contributed by atoms with Crippen LogP contribution in [0.5, 0.6) is 0 Å².